The Hall–Kier alpha value is -2.34. The molecule has 5 rings (SSSR count). The number of benzene rings is 1. The number of methoxy groups -OCH3 is 1. The molecule has 0 aliphatic heterocycles. The molecule has 1 N–H and O–H groups in total. The molecule has 2 heterocycles. The molecule has 3 aromatic rings. The highest BCUT2D eigenvalue weighted by Gasteiger charge is 2.41. The van der Waals surface area contributed by atoms with Crippen molar-refractivity contribution in [3.63, 3.8) is 0 Å². The highest BCUT2D eigenvalue weighted by atomic mass is 35.5. The molecule has 1 aromatic carbocycles. The van der Waals surface area contributed by atoms with Gasteiger partial charge in [0.1, 0.15) is 22.4 Å². The van der Waals surface area contributed by atoms with Gasteiger partial charge in [-0.2, -0.15) is 0 Å². The first-order chi connectivity index (χ1) is 13.7. The summed E-state index contributed by atoms with van der Waals surface area (Å²) in [4.78, 5) is 0. The molecule has 0 amide bonds. The third-order valence-electron chi connectivity index (χ3n) is 5.84. The van der Waals surface area contributed by atoms with Crippen LogP contribution in [-0.2, 0) is 6.42 Å². The number of pyridine rings is 1. The van der Waals surface area contributed by atoms with Gasteiger partial charge in [0, 0.05) is 24.7 Å². The summed E-state index contributed by atoms with van der Waals surface area (Å²) in [6, 6.07) is 6.96. The number of nitrogens with zero attached hydrogens (tertiary/aromatic N) is 3. The second kappa shape index (κ2) is 6.92. The summed E-state index contributed by atoms with van der Waals surface area (Å²) in [5.74, 6) is 2.66. The number of nitrogens with one attached hydrogen (secondary N) is 1. The molecule has 5 nitrogen and oxygen atoms in total. The van der Waals surface area contributed by atoms with Crippen LogP contribution in [0.15, 0.2) is 30.5 Å². The number of ether oxygens (including phenoxy) is 1. The minimum Gasteiger partial charge on any atom is -0.496 e. The van der Waals surface area contributed by atoms with Gasteiger partial charge in [0.15, 0.2) is 5.65 Å². The lowest BCUT2D eigenvalue weighted by molar-refractivity contribution is 0.404. The quantitative estimate of drug-likeness (QED) is 0.624. The van der Waals surface area contributed by atoms with Gasteiger partial charge in [0.25, 0.3) is 0 Å². The van der Waals surface area contributed by atoms with Gasteiger partial charge in [0.2, 0.25) is 0 Å². The van der Waals surface area contributed by atoms with E-state index in [1.807, 2.05) is 22.7 Å². The molecule has 2 aliphatic rings. The second-order valence-electron chi connectivity index (χ2n) is 7.84. The van der Waals surface area contributed by atoms with Crippen molar-refractivity contribution in [2.75, 3.05) is 19.0 Å². The Morgan fingerprint density at radius 3 is 2.93 bits per heavy atom. The van der Waals surface area contributed by atoms with Crippen LogP contribution in [0.3, 0.4) is 0 Å². The van der Waals surface area contributed by atoms with Crippen molar-refractivity contribution in [1.82, 2.24) is 14.6 Å². The monoisotopic (exact) mass is 400 g/mol. The van der Waals surface area contributed by atoms with Crippen molar-refractivity contribution < 1.29 is 9.13 Å². The number of hydrogen-bond donors (Lipinski definition) is 1. The van der Waals surface area contributed by atoms with E-state index in [2.05, 4.69) is 15.5 Å². The fourth-order valence-electron chi connectivity index (χ4n) is 3.95. The van der Waals surface area contributed by atoms with Crippen LogP contribution in [0.5, 0.6) is 5.75 Å². The molecular formula is C21H22ClFN4O. The van der Waals surface area contributed by atoms with E-state index in [4.69, 9.17) is 16.3 Å². The van der Waals surface area contributed by atoms with Crippen molar-refractivity contribution in [2.24, 2.45) is 11.8 Å². The van der Waals surface area contributed by atoms with Crippen LogP contribution in [0.2, 0.25) is 5.02 Å². The van der Waals surface area contributed by atoms with E-state index in [0.29, 0.717) is 27.9 Å². The second-order valence-corrected chi connectivity index (χ2v) is 8.22. The predicted octanol–water partition coefficient (Wildman–Crippen LogP) is 4.70. The molecule has 2 saturated carbocycles. The smallest absolute Gasteiger partial charge is 0.181 e. The summed E-state index contributed by atoms with van der Waals surface area (Å²) >= 11 is 6.57. The van der Waals surface area contributed by atoms with Crippen LogP contribution in [-0.4, -0.2) is 28.3 Å². The SMILES string of the molecule is COc1cccc(F)c1[C@@H]1C[C@H]1CNc1ccn2c(CC3CC3)nnc2c1Cl. The zero-order valence-corrected chi connectivity index (χ0v) is 16.4. The van der Waals surface area contributed by atoms with Gasteiger partial charge < -0.3 is 10.1 Å². The molecule has 2 atom stereocenters. The van der Waals surface area contributed by atoms with Gasteiger partial charge >= 0.3 is 0 Å². The normalized spacial score (nSPS) is 21.1. The minimum atomic E-state index is -0.196. The van der Waals surface area contributed by atoms with Crippen LogP contribution in [0, 0.1) is 17.7 Å². The van der Waals surface area contributed by atoms with Gasteiger partial charge in [0.05, 0.1) is 12.8 Å². The van der Waals surface area contributed by atoms with Crippen molar-refractivity contribution in [2.45, 2.75) is 31.6 Å². The largest absolute Gasteiger partial charge is 0.496 e. The zero-order chi connectivity index (χ0) is 19.3. The number of aromatic nitrogens is 3. The Morgan fingerprint density at radius 2 is 2.14 bits per heavy atom. The van der Waals surface area contributed by atoms with Gasteiger partial charge in [-0.25, -0.2) is 4.39 Å². The molecule has 2 fully saturated rings. The lowest BCUT2D eigenvalue weighted by atomic mass is 10.1. The summed E-state index contributed by atoms with van der Waals surface area (Å²) in [7, 11) is 1.58. The third kappa shape index (κ3) is 3.20. The van der Waals surface area contributed by atoms with Gasteiger partial charge in [-0.1, -0.05) is 17.7 Å². The van der Waals surface area contributed by atoms with Crippen LogP contribution in [0.4, 0.5) is 10.1 Å². The first-order valence-corrected chi connectivity index (χ1v) is 10.1. The minimum absolute atomic E-state index is 0.171. The summed E-state index contributed by atoms with van der Waals surface area (Å²) in [6.07, 6.45) is 6.42. The molecule has 0 unspecified atom stereocenters. The summed E-state index contributed by atoms with van der Waals surface area (Å²) < 4.78 is 21.6. The number of anilines is 1. The van der Waals surface area contributed by atoms with E-state index >= 15 is 0 Å². The molecule has 2 aromatic heterocycles. The van der Waals surface area contributed by atoms with Crippen molar-refractivity contribution >= 4 is 22.9 Å². The summed E-state index contributed by atoms with van der Waals surface area (Å²) in [5.41, 5.74) is 2.21. The molecule has 146 valence electrons. The first-order valence-electron chi connectivity index (χ1n) is 9.74. The molecule has 0 bridgehead atoms. The zero-order valence-electron chi connectivity index (χ0n) is 15.7. The highest BCUT2D eigenvalue weighted by molar-refractivity contribution is 6.36. The predicted molar refractivity (Wildman–Crippen MR) is 107 cm³/mol. The van der Waals surface area contributed by atoms with Gasteiger partial charge in [-0.3, -0.25) is 4.40 Å². The molecule has 0 spiro atoms. The van der Waals surface area contributed by atoms with Crippen LogP contribution < -0.4 is 10.1 Å². The number of halogens is 2. The maximum atomic E-state index is 14.3. The summed E-state index contributed by atoms with van der Waals surface area (Å²) in [6.45, 7) is 0.723. The standard InChI is InChI=1S/C21H22ClFN4O/c1-28-17-4-2-3-15(23)19(17)14-10-13(14)11-24-16-7-8-27-18(9-12-5-6-12)25-26-21(27)20(16)22/h2-4,7-8,12-14,24H,5-6,9-11H2,1H3/t13-,14+/m0/s1. The average Bonchev–Trinajstić information content (AvgIpc) is 3.61. The maximum absolute atomic E-state index is 14.3. The molecular weight excluding hydrogens is 379 g/mol. The van der Waals surface area contributed by atoms with Gasteiger partial charge in [-0.15, -0.1) is 10.2 Å². The first kappa shape index (κ1) is 17.7. The number of hydrogen-bond acceptors (Lipinski definition) is 4. The van der Waals surface area contributed by atoms with Crippen LogP contribution in [0.1, 0.15) is 36.6 Å². The fraction of sp³-hybridized carbons (Fsp3) is 0.429. The highest BCUT2D eigenvalue weighted by Crippen LogP contribution is 2.51. The maximum Gasteiger partial charge on any atom is 0.181 e. The van der Waals surface area contributed by atoms with E-state index in [1.54, 1.807) is 13.2 Å². The third-order valence-corrected chi connectivity index (χ3v) is 6.21. The van der Waals surface area contributed by atoms with E-state index in [1.165, 1.54) is 18.9 Å². The molecule has 0 saturated heterocycles. The Morgan fingerprint density at radius 1 is 1.29 bits per heavy atom. The van der Waals surface area contributed by atoms with Crippen molar-refractivity contribution in [1.29, 1.82) is 0 Å². The molecule has 0 radical (unpaired) electrons. The van der Waals surface area contributed by atoms with E-state index < -0.39 is 0 Å². The summed E-state index contributed by atoms with van der Waals surface area (Å²) in [5, 5.41) is 12.6. The lowest BCUT2D eigenvalue weighted by Gasteiger charge is -2.11. The van der Waals surface area contributed by atoms with E-state index in [-0.39, 0.29) is 11.7 Å². The Kier molecular flexibility index (Phi) is 4.38. The van der Waals surface area contributed by atoms with Gasteiger partial charge in [-0.05, 0) is 55.2 Å². The number of rotatable bonds is 7. The Balaban J connectivity index is 1.29. The van der Waals surface area contributed by atoms with E-state index in [9.17, 15) is 4.39 Å². The Labute approximate surface area is 167 Å². The van der Waals surface area contributed by atoms with E-state index in [0.717, 1.165) is 36.8 Å². The van der Waals surface area contributed by atoms with Crippen LogP contribution >= 0.6 is 11.6 Å². The van der Waals surface area contributed by atoms with Crippen LogP contribution in [0.25, 0.3) is 5.65 Å². The Bertz CT molecular complexity index is 1030. The average molecular weight is 401 g/mol. The molecule has 7 heteroatoms. The molecule has 2 aliphatic carbocycles. The lowest BCUT2D eigenvalue weighted by Crippen LogP contribution is -2.07. The van der Waals surface area contributed by atoms with Crippen molar-refractivity contribution in [3.05, 3.63) is 52.7 Å². The van der Waals surface area contributed by atoms with Crippen molar-refractivity contribution in [3.8, 4) is 5.75 Å². The topological polar surface area (TPSA) is 51.5 Å². The molecule has 28 heavy (non-hydrogen) atoms. The number of fused-ring (bicyclic) bond motifs is 1. The fourth-order valence-corrected chi connectivity index (χ4v) is 4.21.